The number of halogens is 1. The predicted octanol–water partition coefficient (Wildman–Crippen LogP) is 3.72. The van der Waals surface area contributed by atoms with E-state index in [9.17, 15) is 9.90 Å². The molecule has 1 aromatic heterocycles. The summed E-state index contributed by atoms with van der Waals surface area (Å²) in [5, 5.41) is 14.0. The highest BCUT2D eigenvalue weighted by molar-refractivity contribution is 6.38. The van der Waals surface area contributed by atoms with Crippen LogP contribution in [0.3, 0.4) is 0 Å². The first-order valence-electron chi connectivity index (χ1n) is 10.0. The number of fused-ring (bicyclic) bond motifs is 1. The Hall–Kier alpha value is -2.34. The number of carbonyl (C=O) groups is 1. The van der Waals surface area contributed by atoms with Gasteiger partial charge in [0.25, 0.3) is 5.91 Å². The number of para-hydroxylation sites is 1. The lowest BCUT2D eigenvalue weighted by Crippen LogP contribution is -2.35. The third kappa shape index (κ3) is 4.32. The van der Waals surface area contributed by atoms with E-state index in [0.717, 1.165) is 48.9 Å². The standard InChI is InChI=1S/C23H26ClN3O2/c1-26-20-5-3-2-4-19(20)21(24)22(26)23(29)25-14-16-6-8-17(9-7-16)15-27-12-10-18(28)11-13-27/h2-9,18,28H,10-15H2,1H3,(H,25,29). The number of benzene rings is 2. The van der Waals surface area contributed by atoms with Gasteiger partial charge in [-0.25, -0.2) is 0 Å². The van der Waals surface area contributed by atoms with Crippen molar-refractivity contribution in [3.05, 3.63) is 70.4 Å². The van der Waals surface area contributed by atoms with Crippen molar-refractivity contribution in [2.24, 2.45) is 7.05 Å². The van der Waals surface area contributed by atoms with Crippen molar-refractivity contribution in [3.8, 4) is 0 Å². The Kier molecular flexibility index (Phi) is 5.90. The molecule has 2 aromatic carbocycles. The van der Waals surface area contributed by atoms with Crippen LogP contribution in [0.15, 0.2) is 48.5 Å². The maximum atomic E-state index is 12.7. The molecule has 29 heavy (non-hydrogen) atoms. The molecule has 2 heterocycles. The van der Waals surface area contributed by atoms with Crippen LogP contribution in [0, 0.1) is 0 Å². The largest absolute Gasteiger partial charge is 0.393 e. The summed E-state index contributed by atoms with van der Waals surface area (Å²) in [7, 11) is 1.86. The first-order chi connectivity index (χ1) is 14.0. The van der Waals surface area contributed by atoms with E-state index in [1.807, 2.05) is 35.9 Å². The molecule has 0 aliphatic carbocycles. The topological polar surface area (TPSA) is 57.5 Å². The summed E-state index contributed by atoms with van der Waals surface area (Å²) in [5.41, 5.74) is 3.72. The molecule has 1 saturated heterocycles. The van der Waals surface area contributed by atoms with Gasteiger partial charge in [0.15, 0.2) is 0 Å². The van der Waals surface area contributed by atoms with Gasteiger partial charge in [0.2, 0.25) is 0 Å². The van der Waals surface area contributed by atoms with E-state index in [1.165, 1.54) is 5.56 Å². The average Bonchev–Trinajstić information content (AvgIpc) is 3.00. The van der Waals surface area contributed by atoms with Gasteiger partial charge in [-0.3, -0.25) is 9.69 Å². The molecule has 2 N–H and O–H groups in total. The van der Waals surface area contributed by atoms with E-state index < -0.39 is 0 Å². The van der Waals surface area contributed by atoms with E-state index in [2.05, 4.69) is 34.5 Å². The van der Waals surface area contributed by atoms with Gasteiger partial charge in [-0.1, -0.05) is 54.1 Å². The second-order valence-electron chi connectivity index (χ2n) is 7.75. The number of hydrogen-bond acceptors (Lipinski definition) is 3. The molecule has 0 bridgehead atoms. The number of hydrogen-bond donors (Lipinski definition) is 2. The maximum absolute atomic E-state index is 12.7. The number of amides is 1. The van der Waals surface area contributed by atoms with Crippen LogP contribution < -0.4 is 5.32 Å². The second-order valence-corrected chi connectivity index (χ2v) is 8.12. The van der Waals surface area contributed by atoms with Crippen LogP contribution in [-0.2, 0) is 20.1 Å². The first kappa shape index (κ1) is 20.0. The fourth-order valence-electron chi connectivity index (χ4n) is 3.96. The Morgan fingerprint density at radius 3 is 2.45 bits per heavy atom. The molecule has 5 nitrogen and oxygen atoms in total. The summed E-state index contributed by atoms with van der Waals surface area (Å²) in [6.07, 6.45) is 1.55. The van der Waals surface area contributed by atoms with Crippen LogP contribution in [-0.4, -0.2) is 39.7 Å². The summed E-state index contributed by atoms with van der Waals surface area (Å²) < 4.78 is 1.84. The molecule has 4 rings (SSSR count). The van der Waals surface area contributed by atoms with Gasteiger partial charge in [0, 0.05) is 44.1 Å². The van der Waals surface area contributed by atoms with Gasteiger partial charge in [0.05, 0.1) is 11.1 Å². The molecule has 1 amide bonds. The van der Waals surface area contributed by atoms with E-state index in [1.54, 1.807) is 0 Å². The number of piperidine rings is 1. The van der Waals surface area contributed by atoms with Gasteiger partial charge >= 0.3 is 0 Å². The Balaban J connectivity index is 1.37. The number of aromatic nitrogens is 1. The van der Waals surface area contributed by atoms with Gasteiger partial charge < -0.3 is 15.0 Å². The molecular formula is C23H26ClN3O2. The van der Waals surface area contributed by atoms with Crippen LogP contribution in [0.5, 0.6) is 0 Å². The van der Waals surface area contributed by atoms with Crippen molar-refractivity contribution in [2.75, 3.05) is 13.1 Å². The summed E-state index contributed by atoms with van der Waals surface area (Å²) in [4.78, 5) is 15.1. The Morgan fingerprint density at radius 1 is 1.10 bits per heavy atom. The monoisotopic (exact) mass is 411 g/mol. The van der Waals surface area contributed by atoms with E-state index in [-0.39, 0.29) is 12.0 Å². The van der Waals surface area contributed by atoms with Crippen LogP contribution in [0.4, 0.5) is 0 Å². The van der Waals surface area contributed by atoms with Crippen LogP contribution in [0.25, 0.3) is 10.9 Å². The molecule has 6 heteroatoms. The number of aryl methyl sites for hydroxylation is 1. The number of nitrogens with one attached hydrogen (secondary N) is 1. The minimum absolute atomic E-state index is 0.146. The summed E-state index contributed by atoms with van der Waals surface area (Å²) in [5.74, 6) is -0.176. The van der Waals surface area contributed by atoms with Crippen molar-refractivity contribution in [1.29, 1.82) is 0 Å². The molecule has 0 saturated carbocycles. The summed E-state index contributed by atoms with van der Waals surface area (Å²) in [6.45, 7) is 3.22. The summed E-state index contributed by atoms with van der Waals surface area (Å²) >= 11 is 6.46. The number of carbonyl (C=O) groups excluding carboxylic acids is 1. The molecule has 0 unspecified atom stereocenters. The molecular weight excluding hydrogens is 386 g/mol. The molecule has 1 aliphatic heterocycles. The van der Waals surface area contributed by atoms with Crippen molar-refractivity contribution in [3.63, 3.8) is 0 Å². The third-order valence-corrected chi connectivity index (χ3v) is 6.08. The van der Waals surface area contributed by atoms with Gasteiger partial charge in [-0.2, -0.15) is 0 Å². The highest BCUT2D eigenvalue weighted by Crippen LogP contribution is 2.29. The smallest absolute Gasteiger partial charge is 0.269 e. The third-order valence-electron chi connectivity index (χ3n) is 5.70. The van der Waals surface area contributed by atoms with Crippen molar-refractivity contribution < 1.29 is 9.90 Å². The van der Waals surface area contributed by atoms with Crippen LogP contribution in [0.2, 0.25) is 5.02 Å². The Morgan fingerprint density at radius 2 is 1.76 bits per heavy atom. The zero-order valence-electron chi connectivity index (χ0n) is 16.6. The maximum Gasteiger partial charge on any atom is 0.269 e. The fourth-order valence-corrected chi connectivity index (χ4v) is 4.34. The normalized spacial score (nSPS) is 15.7. The fraction of sp³-hybridized carbons (Fsp3) is 0.348. The number of aliphatic hydroxyl groups excluding tert-OH is 1. The Bertz CT molecular complexity index is 966. The molecule has 0 radical (unpaired) electrons. The van der Waals surface area contributed by atoms with Gasteiger partial charge in [-0.15, -0.1) is 0 Å². The lowest BCUT2D eigenvalue weighted by atomic mass is 10.1. The van der Waals surface area contributed by atoms with E-state index in [0.29, 0.717) is 17.3 Å². The van der Waals surface area contributed by atoms with Crippen LogP contribution in [0.1, 0.15) is 34.5 Å². The highest BCUT2D eigenvalue weighted by Gasteiger charge is 2.19. The summed E-state index contributed by atoms with van der Waals surface area (Å²) in [6, 6.07) is 16.1. The molecule has 1 aliphatic rings. The Labute approximate surface area is 175 Å². The molecule has 0 spiro atoms. The first-order valence-corrected chi connectivity index (χ1v) is 10.4. The molecule has 0 atom stereocenters. The number of aliphatic hydroxyl groups is 1. The zero-order chi connectivity index (χ0) is 20.4. The van der Waals surface area contributed by atoms with Gasteiger partial charge in [-0.05, 0) is 30.0 Å². The number of nitrogens with zero attached hydrogens (tertiary/aromatic N) is 2. The number of likely N-dealkylation sites (tertiary alicyclic amines) is 1. The highest BCUT2D eigenvalue weighted by atomic mass is 35.5. The van der Waals surface area contributed by atoms with Gasteiger partial charge in [0.1, 0.15) is 5.69 Å². The minimum atomic E-state index is -0.176. The van der Waals surface area contributed by atoms with E-state index >= 15 is 0 Å². The van der Waals surface area contributed by atoms with Crippen LogP contribution >= 0.6 is 11.6 Å². The quantitative estimate of drug-likeness (QED) is 0.672. The molecule has 1 fully saturated rings. The van der Waals surface area contributed by atoms with Crippen molar-refractivity contribution in [2.45, 2.75) is 32.0 Å². The predicted molar refractivity (Wildman–Crippen MR) is 116 cm³/mol. The zero-order valence-corrected chi connectivity index (χ0v) is 17.3. The lowest BCUT2D eigenvalue weighted by molar-refractivity contribution is 0.0792. The molecule has 152 valence electrons. The number of rotatable bonds is 5. The second kappa shape index (κ2) is 8.57. The van der Waals surface area contributed by atoms with Crippen molar-refractivity contribution >= 4 is 28.4 Å². The SMILES string of the molecule is Cn1c(C(=O)NCc2ccc(CN3CCC(O)CC3)cc2)c(Cl)c2ccccc21. The molecule has 3 aromatic rings. The van der Waals surface area contributed by atoms with E-state index in [4.69, 9.17) is 11.6 Å². The lowest BCUT2D eigenvalue weighted by Gasteiger charge is -2.29. The minimum Gasteiger partial charge on any atom is -0.393 e. The average molecular weight is 412 g/mol. The van der Waals surface area contributed by atoms with Crippen molar-refractivity contribution in [1.82, 2.24) is 14.8 Å².